The third kappa shape index (κ3) is 3.76. The molecule has 1 aromatic heterocycles. The molecule has 23 heavy (non-hydrogen) atoms. The Balaban J connectivity index is 1.77. The van der Waals surface area contributed by atoms with Crippen LogP contribution in [0.25, 0.3) is 0 Å². The minimum atomic E-state index is -2.95. The number of aromatic nitrogens is 2. The molecule has 6 nitrogen and oxygen atoms in total. The largest absolute Gasteiger partial charge is 0.355 e. The molecule has 1 fully saturated rings. The number of rotatable bonds is 4. The Morgan fingerprint density at radius 1 is 1.30 bits per heavy atom. The highest BCUT2D eigenvalue weighted by atomic mass is 32.2. The highest BCUT2D eigenvalue weighted by Gasteiger charge is 2.31. The van der Waals surface area contributed by atoms with E-state index in [0.717, 1.165) is 0 Å². The molecule has 1 aromatic carbocycles. The van der Waals surface area contributed by atoms with Crippen LogP contribution in [0.15, 0.2) is 36.7 Å². The van der Waals surface area contributed by atoms with Gasteiger partial charge in [-0.3, -0.25) is 0 Å². The van der Waals surface area contributed by atoms with Crippen LogP contribution < -0.4 is 10.2 Å². The predicted octanol–water partition coefficient (Wildman–Crippen LogP) is 1.98. The summed E-state index contributed by atoms with van der Waals surface area (Å²) in [6.07, 6.45) is 1.99. The molecule has 0 saturated carbocycles. The Morgan fingerprint density at radius 3 is 2.83 bits per heavy atom. The average molecular weight is 336 g/mol. The fraction of sp³-hybridized carbons (Fsp3) is 0.333. The van der Waals surface area contributed by atoms with Crippen LogP contribution in [0.2, 0.25) is 0 Å². The number of sulfone groups is 1. The molecule has 0 amide bonds. The van der Waals surface area contributed by atoms with Crippen LogP contribution in [0.3, 0.4) is 0 Å². The molecule has 3 rings (SSSR count). The SMILES string of the molecule is CN(c1cc(Nc2cccc(F)c2)ncn1)C1CCS(=O)(=O)C1. The molecule has 0 radical (unpaired) electrons. The smallest absolute Gasteiger partial charge is 0.152 e. The molecule has 1 atom stereocenters. The zero-order valence-electron chi connectivity index (χ0n) is 12.6. The van der Waals surface area contributed by atoms with Crippen molar-refractivity contribution in [2.24, 2.45) is 0 Å². The van der Waals surface area contributed by atoms with Gasteiger partial charge in [0.25, 0.3) is 0 Å². The van der Waals surface area contributed by atoms with Gasteiger partial charge < -0.3 is 10.2 Å². The van der Waals surface area contributed by atoms with Gasteiger partial charge in [0, 0.05) is 24.8 Å². The Morgan fingerprint density at radius 2 is 2.13 bits per heavy atom. The van der Waals surface area contributed by atoms with Crippen molar-refractivity contribution in [3.05, 3.63) is 42.5 Å². The predicted molar refractivity (Wildman–Crippen MR) is 87.2 cm³/mol. The standard InChI is InChI=1S/C15H17FN4O2S/c1-20(13-5-6-23(21,22)9-13)15-8-14(17-10-18-15)19-12-4-2-3-11(16)7-12/h2-4,7-8,10,13H,5-6,9H2,1H3,(H,17,18,19). The molecule has 1 unspecified atom stereocenters. The lowest BCUT2D eigenvalue weighted by atomic mass is 10.2. The van der Waals surface area contributed by atoms with E-state index in [4.69, 9.17) is 0 Å². The molecular weight excluding hydrogens is 319 g/mol. The van der Waals surface area contributed by atoms with Gasteiger partial charge in [-0.2, -0.15) is 0 Å². The quantitative estimate of drug-likeness (QED) is 0.920. The highest BCUT2D eigenvalue weighted by molar-refractivity contribution is 7.91. The summed E-state index contributed by atoms with van der Waals surface area (Å²) in [5, 5.41) is 3.01. The van der Waals surface area contributed by atoms with Crippen molar-refractivity contribution in [1.29, 1.82) is 0 Å². The maximum absolute atomic E-state index is 13.2. The second-order valence-corrected chi connectivity index (χ2v) is 7.79. The van der Waals surface area contributed by atoms with E-state index in [-0.39, 0.29) is 23.4 Å². The van der Waals surface area contributed by atoms with Crippen LogP contribution in [-0.4, -0.2) is 43.0 Å². The number of nitrogens with zero attached hydrogens (tertiary/aromatic N) is 3. The minimum absolute atomic E-state index is 0.0862. The van der Waals surface area contributed by atoms with E-state index in [1.54, 1.807) is 18.2 Å². The van der Waals surface area contributed by atoms with E-state index in [1.807, 2.05) is 11.9 Å². The van der Waals surface area contributed by atoms with Gasteiger partial charge in [0.05, 0.1) is 11.5 Å². The first-order valence-electron chi connectivity index (χ1n) is 7.21. The van der Waals surface area contributed by atoms with E-state index >= 15 is 0 Å². The summed E-state index contributed by atoms with van der Waals surface area (Å²) in [5.74, 6) is 1.16. The summed E-state index contributed by atoms with van der Waals surface area (Å²) in [6, 6.07) is 7.71. The number of hydrogen-bond donors (Lipinski definition) is 1. The van der Waals surface area contributed by atoms with Gasteiger partial charge in [-0.05, 0) is 24.6 Å². The van der Waals surface area contributed by atoms with Crippen LogP contribution in [0.4, 0.5) is 21.7 Å². The van der Waals surface area contributed by atoms with Crippen molar-refractivity contribution < 1.29 is 12.8 Å². The first-order chi connectivity index (χ1) is 10.9. The summed E-state index contributed by atoms with van der Waals surface area (Å²) in [7, 11) is -1.14. The minimum Gasteiger partial charge on any atom is -0.355 e. The van der Waals surface area contributed by atoms with E-state index in [2.05, 4.69) is 15.3 Å². The first-order valence-corrected chi connectivity index (χ1v) is 9.03. The number of benzene rings is 1. The molecule has 1 N–H and O–H groups in total. The molecule has 1 aliphatic rings. The molecular formula is C15H17FN4O2S. The molecule has 122 valence electrons. The van der Waals surface area contributed by atoms with Crippen molar-refractivity contribution >= 4 is 27.2 Å². The molecule has 2 heterocycles. The Hall–Kier alpha value is -2.22. The first kappa shape index (κ1) is 15.7. The average Bonchev–Trinajstić information content (AvgIpc) is 2.87. The van der Waals surface area contributed by atoms with Gasteiger partial charge in [0.1, 0.15) is 23.8 Å². The molecule has 1 aliphatic heterocycles. The second kappa shape index (κ2) is 6.11. The van der Waals surface area contributed by atoms with Gasteiger partial charge >= 0.3 is 0 Å². The topological polar surface area (TPSA) is 75.2 Å². The van der Waals surface area contributed by atoms with Crippen LogP contribution in [0.5, 0.6) is 0 Å². The molecule has 0 bridgehead atoms. The molecule has 0 aliphatic carbocycles. The number of hydrogen-bond acceptors (Lipinski definition) is 6. The summed E-state index contributed by atoms with van der Waals surface area (Å²) < 4.78 is 36.4. The lowest BCUT2D eigenvalue weighted by Gasteiger charge is -2.24. The molecule has 2 aromatic rings. The number of nitrogens with one attached hydrogen (secondary N) is 1. The summed E-state index contributed by atoms with van der Waals surface area (Å²) >= 11 is 0. The van der Waals surface area contributed by atoms with Crippen molar-refractivity contribution in [3.63, 3.8) is 0 Å². The molecule has 0 spiro atoms. The Kier molecular flexibility index (Phi) is 4.16. The molecule has 1 saturated heterocycles. The van der Waals surface area contributed by atoms with E-state index in [0.29, 0.717) is 23.7 Å². The Bertz CT molecular complexity index is 813. The summed E-state index contributed by atoms with van der Waals surface area (Å²) in [6.45, 7) is 0. The van der Waals surface area contributed by atoms with Crippen molar-refractivity contribution in [2.45, 2.75) is 12.5 Å². The zero-order chi connectivity index (χ0) is 16.4. The highest BCUT2D eigenvalue weighted by Crippen LogP contribution is 2.23. The fourth-order valence-corrected chi connectivity index (χ4v) is 4.36. The van der Waals surface area contributed by atoms with E-state index in [1.165, 1.54) is 18.5 Å². The van der Waals surface area contributed by atoms with Gasteiger partial charge in [-0.1, -0.05) is 6.07 Å². The Labute approximate surface area is 134 Å². The monoisotopic (exact) mass is 336 g/mol. The third-order valence-electron chi connectivity index (χ3n) is 3.87. The summed E-state index contributed by atoms with van der Waals surface area (Å²) in [4.78, 5) is 10.2. The van der Waals surface area contributed by atoms with Gasteiger partial charge in [-0.25, -0.2) is 22.8 Å². The lowest BCUT2D eigenvalue weighted by molar-refractivity contribution is 0.600. The normalized spacial score (nSPS) is 19.5. The van der Waals surface area contributed by atoms with Crippen molar-refractivity contribution in [1.82, 2.24) is 9.97 Å². The van der Waals surface area contributed by atoms with Crippen LogP contribution in [-0.2, 0) is 9.84 Å². The van der Waals surface area contributed by atoms with Crippen LogP contribution in [0.1, 0.15) is 6.42 Å². The van der Waals surface area contributed by atoms with Gasteiger partial charge in [0.2, 0.25) is 0 Å². The van der Waals surface area contributed by atoms with Crippen LogP contribution in [0, 0.1) is 5.82 Å². The zero-order valence-corrected chi connectivity index (χ0v) is 13.4. The van der Waals surface area contributed by atoms with E-state index < -0.39 is 9.84 Å². The van der Waals surface area contributed by atoms with Crippen molar-refractivity contribution in [2.75, 3.05) is 28.8 Å². The lowest BCUT2D eigenvalue weighted by Crippen LogP contribution is -2.33. The molecule has 8 heteroatoms. The summed E-state index contributed by atoms with van der Waals surface area (Å²) in [5.41, 5.74) is 0.584. The van der Waals surface area contributed by atoms with Crippen LogP contribution >= 0.6 is 0 Å². The van der Waals surface area contributed by atoms with Crippen molar-refractivity contribution in [3.8, 4) is 0 Å². The fourth-order valence-electron chi connectivity index (χ4n) is 2.59. The van der Waals surface area contributed by atoms with Gasteiger partial charge in [-0.15, -0.1) is 0 Å². The maximum atomic E-state index is 13.2. The van der Waals surface area contributed by atoms with Gasteiger partial charge in [0.15, 0.2) is 9.84 Å². The number of anilines is 3. The van der Waals surface area contributed by atoms with E-state index in [9.17, 15) is 12.8 Å². The second-order valence-electron chi connectivity index (χ2n) is 5.56. The number of halogens is 1. The third-order valence-corrected chi connectivity index (χ3v) is 5.62. The maximum Gasteiger partial charge on any atom is 0.152 e.